The molecule has 0 saturated carbocycles. The van der Waals surface area contributed by atoms with E-state index in [-0.39, 0.29) is 54.6 Å². The van der Waals surface area contributed by atoms with Gasteiger partial charge in [0.25, 0.3) is 11.5 Å². The minimum atomic E-state index is -0.745. The lowest BCUT2D eigenvalue weighted by Crippen LogP contribution is -2.44. The number of aromatic amines is 1. The zero-order valence-corrected chi connectivity index (χ0v) is 19.9. The molecule has 2 aromatic heterocycles. The number of nitrogens with one attached hydrogen (secondary N) is 1. The molecule has 0 radical (unpaired) electrons. The second-order valence-corrected chi connectivity index (χ2v) is 9.00. The van der Waals surface area contributed by atoms with Gasteiger partial charge in [0.05, 0.1) is 0 Å². The summed E-state index contributed by atoms with van der Waals surface area (Å²) in [6, 6.07) is 4.42. The standard InChI is InChI=1S/C22H29FN8O3/c1-12(2)9-29(18-19(24)30(10-13(3)4)22(34)25-21(18)33)17(32)11-31-27-20(26-28-31)15-6-7-16(23)14(5)8-15/h6-8,12-13H,9-11,24H2,1-5H3,(H,25,33,34). The van der Waals surface area contributed by atoms with Crippen molar-refractivity contribution in [2.24, 2.45) is 11.8 Å². The van der Waals surface area contributed by atoms with Gasteiger partial charge in [-0.2, -0.15) is 4.80 Å². The molecule has 0 spiro atoms. The molecule has 0 bridgehead atoms. The van der Waals surface area contributed by atoms with E-state index in [0.717, 1.165) is 4.80 Å². The monoisotopic (exact) mass is 472 g/mol. The van der Waals surface area contributed by atoms with Crippen LogP contribution in [0.15, 0.2) is 27.8 Å². The normalized spacial score (nSPS) is 11.4. The van der Waals surface area contributed by atoms with Gasteiger partial charge >= 0.3 is 5.69 Å². The Morgan fingerprint density at radius 2 is 1.91 bits per heavy atom. The van der Waals surface area contributed by atoms with Crippen LogP contribution in [0.5, 0.6) is 0 Å². The Kier molecular flexibility index (Phi) is 7.28. The fraction of sp³-hybridized carbons (Fsp3) is 0.455. The van der Waals surface area contributed by atoms with Gasteiger partial charge in [0.15, 0.2) is 5.69 Å². The van der Waals surface area contributed by atoms with Crippen LogP contribution < -0.4 is 21.9 Å². The summed E-state index contributed by atoms with van der Waals surface area (Å²) in [6.45, 7) is 9.36. The van der Waals surface area contributed by atoms with Crippen LogP contribution in [0.25, 0.3) is 11.4 Å². The van der Waals surface area contributed by atoms with Crippen molar-refractivity contribution in [3.8, 4) is 11.4 Å². The topological polar surface area (TPSA) is 145 Å². The molecule has 1 aromatic carbocycles. The Labute approximate surface area is 195 Å². The average Bonchev–Trinajstić information content (AvgIpc) is 3.20. The van der Waals surface area contributed by atoms with Crippen LogP contribution in [-0.4, -0.2) is 42.2 Å². The molecule has 2 heterocycles. The van der Waals surface area contributed by atoms with Crippen molar-refractivity contribution in [3.05, 3.63) is 50.4 Å². The van der Waals surface area contributed by atoms with E-state index >= 15 is 0 Å². The predicted molar refractivity (Wildman–Crippen MR) is 126 cm³/mol. The summed E-state index contributed by atoms with van der Waals surface area (Å²) in [6.07, 6.45) is 0. The maximum absolute atomic E-state index is 13.6. The first kappa shape index (κ1) is 24.8. The lowest BCUT2D eigenvalue weighted by atomic mass is 10.1. The maximum Gasteiger partial charge on any atom is 0.330 e. The summed E-state index contributed by atoms with van der Waals surface area (Å²) in [7, 11) is 0. The quantitative estimate of drug-likeness (QED) is 0.506. The van der Waals surface area contributed by atoms with Gasteiger partial charge in [-0.15, -0.1) is 10.2 Å². The Morgan fingerprint density at radius 1 is 1.21 bits per heavy atom. The van der Waals surface area contributed by atoms with Gasteiger partial charge < -0.3 is 10.6 Å². The van der Waals surface area contributed by atoms with Crippen LogP contribution in [0.4, 0.5) is 15.9 Å². The summed E-state index contributed by atoms with van der Waals surface area (Å²) in [5, 5.41) is 12.1. The lowest BCUT2D eigenvalue weighted by molar-refractivity contribution is -0.119. The van der Waals surface area contributed by atoms with Crippen LogP contribution in [-0.2, 0) is 17.9 Å². The molecule has 0 aliphatic heterocycles. The molecule has 12 heteroatoms. The number of H-pyrrole nitrogens is 1. The number of anilines is 2. The van der Waals surface area contributed by atoms with Crippen LogP contribution >= 0.6 is 0 Å². The SMILES string of the molecule is Cc1cc(-c2nnn(CC(=O)N(CC(C)C)c3c(N)n(CC(C)C)c(=O)[nH]c3=O)n2)ccc1F. The minimum Gasteiger partial charge on any atom is -0.383 e. The van der Waals surface area contributed by atoms with Crippen LogP contribution in [0, 0.1) is 24.6 Å². The Morgan fingerprint density at radius 3 is 2.53 bits per heavy atom. The summed E-state index contributed by atoms with van der Waals surface area (Å²) in [5.74, 6) is -0.618. The van der Waals surface area contributed by atoms with Crippen molar-refractivity contribution < 1.29 is 9.18 Å². The second-order valence-electron chi connectivity index (χ2n) is 9.00. The zero-order valence-electron chi connectivity index (χ0n) is 19.9. The van der Waals surface area contributed by atoms with Gasteiger partial charge in [-0.05, 0) is 47.7 Å². The lowest BCUT2D eigenvalue weighted by Gasteiger charge is -2.26. The molecule has 0 saturated heterocycles. The van der Waals surface area contributed by atoms with Crippen molar-refractivity contribution >= 4 is 17.4 Å². The first-order valence-electron chi connectivity index (χ1n) is 10.9. The van der Waals surface area contributed by atoms with Crippen molar-refractivity contribution in [1.29, 1.82) is 0 Å². The van der Waals surface area contributed by atoms with Crippen LogP contribution in [0.3, 0.4) is 0 Å². The highest BCUT2D eigenvalue weighted by Crippen LogP contribution is 2.20. The molecule has 3 rings (SSSR count). The average molecular weight is 473 g/mol. The van der Waals surface area contributed by atoms with E-state index in [4.69, 9.17) is 5.73 Å². The third-order valence-electron chi connectivity index (χ3n) is 5.03. The fourth-order valence-corrected chi connectivity index (χ4v) is 3.48. The third kappa shape index (κ3) is 5.38. The molecular weight excluding hydrogens is 443 g/mol. The molecule has 34 heavy (non-hydrogen) atoms. The number of amides is 1. The van der Waals surface area contributed by atoms with Crippen molar-refractivity contribution in [1.82, 2.24) is 29.8 Å². The number of tetrazole rings is 1. The van der Waals surface area contributed by atoms with Gasteiger partial charge in [-0.1, -0.05) is 27.7 Å². The zero-order chi connectivity index (χ0) is 25.2. The van der Waals surface area contributed by atoms with Gasteiger partial charge in [0.2, 0.25) is 5.82 Å². The van der Waals surface area contributed by atoms with Crippen molar-refractivity contribution in [2.75, 3.05) is 17.2 Å². The summed E-state index contributed by atoms with van der Waals surface area (Å²) >= 11 is 0. The molecule has 182 valence electrons. The first-order chi connectivity index (χ1) is 16.0. The number of carbonyl (C=O) groups is 1. The van der Waals surface area contributed by atoms with E-state index < -0.39 is 17.2 Å². The van der Waals surface area contributed by atoms with Crippen LogP contribution in [0.2, 0.25) is 0 Å². The molecule has 0 atom stereocenters. The van der Waals surface area contributed by atoms with Gasteiger partial charge in [-0.25, -0.2) is 9.18 Å². The minimum absolute atomic E-state index is 0.00492. The number of nitrogens with two attached hydrogens (primary N) is 1. The van der Waals surface area contributed by atoms with E-state index in [2.05, 4.69) is 20.4 Å². The van der Waals surface area contributed by atoms with E-state index in [9.17, 15) is 18.8 Å². The molecule has 11 nitrogen and oxygen atoms in total. The smallest absolute Gasteiger partial charge is 0.330 e. The Hall–Kier alpha value is -3.83. The third-order valence-corrected chi connectivity index (χ3v) is 5.03. The summed E-state index contributed by atoms with van der Waals surface area (Å²) in [4.78, 5) is 42.9. The predicted octanol–water partition coefficient (Wildman–Crippen LogP) is 1.57. The Balaban J connectivity index is 1.95. The fourth-order valence-electron chi connectivity index (χ4n) is 3.48. The number of hydrogen-bond donors (Lipinski definition) is 2. The number of nitrogen functional groups attached to an aromatic ring is 1. The molecule has 1 amide bonds. The van der Waals surface area contributed by atoms with Crippen molar-refractivity contribution in [3.63, 3.8) is 0 Å². The number of carbonyl (C=O) groups excluding carboxylic acids is 1. The van der Waals surface area contributed by atoms with E-state index in [1.807, 2.05) is 27.7 Å². The number of halogens is 1. The number of aromatic nitrogens is 6. The van der Waals surface area contributed by atoms with Gasteiger partial charge in [0, 0.05) is 18.7 Å². The van der Waals surface area contributed by atoms with E-state index in [0.29, 0.717) is 11.1 Å². The largest absolute Gasteiger partial charge is 0.383 e. The van der Waals surface area contributed by atoms with Gasteiger partial charge in [-0.3, -0.25) is 19.1 Å². The molecule has 0 fully saturated rings. The number of aryl methyl sites for hydroxylation is 1. The molecule has 0 aliphatic rings. The van der Waals surface area contributed by atoms with Crippen molar-refractivity contribution in [2.45, 2.75) is 47.7 Å². The number of nitrogens with zero attached hydrogens (tertiary/aromatic N) is 6. The van der Waals surface area contributed by atoms with Crippen LogP contribution in [0.1, 0.15) is 33.3 Å². The molecule has 3 aromatic rings. The molecule has 0 unspecified atom stereocenters. The highest BCUT2D eigenvalue weighted by atomic mass is 19.1. The molecular formula is C22H29FN8O3. The number of hydrogen-bond acceptors (Lipinski definition) is 7. The Bertz CT molecular complexity index is 1310. The summed E-state index contributed by atoms with van der Waals surface area (Å²) in [5.41, 5.74) is 5.73. The molecule has 3 N–H and O–H groups in total. The second kappa shape index (κ2) is 9.98. The summed E-state index contributed by atoms with van der Waals surface area (Å²) < 4.78 is 14.8. The van der Waals surface area contributed by atoms with E-state index in [1.165, 1.54) is 21.6 Å². The maximum atomic E-state index is 13.6. The highest BCUT2D eigenvalue weighted by molar-refractivity contribution is 5.95. The number of benzene rings is 1. The highest BCUT2D eigenvalue weighted by Gasteiger charge is 2.26. The van der Waals surface area contributed by atoms with Gasteiger partial charge in [0.1, 0.15) is 18.2 Å². The molecule has 0 aliphatic carbocycles. The van der Waals surface area contributed by atoms with E-state index in [1.54, 1.807) is 13.0 Å². The first-order valence-corrected chi connectivity index (χ1v) is 10.9. The number of rotatable bonds is 8.